The number of hydrogen-bond acceptors (Lipinski definition) is 3. The Morgan fingerprint density at radius 3 is 2.57 bits per heavy atom. The van der Waals surface area contributed by atoms with Gasteiger partial charge in [-0.1, -0.05) is 57.1 Å². The second-order valence-electron chi connectivity index (χ2n) is 10.4. The fourth-order valence-electron chi connectivity index (χ4n) is 5.33. The van der Waals surface area contributed by atoms with E-state index in [1.54, 1.807) is 6.20 Å². The van der Waals surface area contributed by atoms with Crippen molar-refractivity contribution < 1.29 is 13.2 Å². The van der Waals surface area contributed by atoms with E-state index in [9.17, 15) is 18.4 Å². The SMILES string of the molecule is CCCC#CC1=C(c2ccc(CNC(C)C(F)(F)F)cn2)CC(C2CCC2)C(C)c2cc(C#N)ccc21. The smallest absolute Gasteiger partial charge is 0.302 e. The summed E-state index contributed by atoms with van der Waals surface area (Å²) in [6, 6.07) is 10.4. The fourth-order valence-corrected chi connectivity index (χ4v) is 5.33. The van der Waals surface area contributed by atoms with Crippen molar-refractivity contribution in [3.8, 4) is 17.9 Å². The standard InChI is InChI=1S/C31H34F3N3/c1-4-5-6-10-25-26-13-11-22(17-35)15-28(26)20(2)27(24-8-7-9-24)16-29(25)30-14-12-23(19-37-30)18-36-21(3)31(32,33)34/h11-15,19-21,24,27,36H,4-5,7-9,16,18H2,1-3H3. The van der Waals surface area contributed by atoms with Gasteiger partial charge in [-0.15, -0.1) is 0 Å². The first-order valence-corrected chi connectivity index (χ1v) is 13.2. The molecule has 0 saturated heterocycles. The number of hydrogen-bond donors (Lipinski definition) is 1. The van der Waals surface area contributed by atoms with Gasteiger partial charge in [0.2, 0.25) is 0 Å². The number of nitrogens with one attached hydrogen (secondary N) is 1. The van der Waals surface area contributed by atoms with Crippen molar-refractivity contribution >= 4 is 11.1 Å². The van der Waals surface area contributed by atoms with Crippen molar-refractivity contribution in [1.29, 1.82) is 5.26 Å². The van der Waals surface area contributed by atoms with Gasteiger partial charge in [-0.25, -0.2) is 0 Å². The highest BCUT2D eigenvalue weighted by Crippen LogP contribution is 2.50. The van der Waals surface area contributed by atoms with E-state index >= 15 is 0 Å². The topological polar surface area (TPSA) is 48.7 Å². The first-order valence-electron chi connectivity index (χ1n) is 13.2. The molecule has 2 aliphatic carbocycles. The fraction of sp³-hybridized carbons (Fsp3) is 0.484. The Kier molecular flexibility index (Phi) is 8.40. The van der Waals surface area contributed by atoms with E-state index in [0.717, 1.165) is 48.6 Å². The molecule has 1 fully saturated rings. The third-order valence-electron chi connectivity index (χ3n) is 7.91. The molecular weight excluding hydrogens is 471 g/mol. The van der Waals surface area contributed by atoms with Crippen LogP contribution in [0.4, 0.5) is 13.2 Å². The summed E-state index contributed by atoms with van der Waals surface area (Å²) in [4.78, 5) is 4.73. The lowest BCUT2D eigenvalue weighted by molar-refractivity contribution is -0.151. The number of nitriles is 1. The van der Waals surface area contributed by atoms with Gasteiger partial charge < -0.3 is 5.32 Å². The van der Waals surface area contributed by atoms with Crippen LogP contribution in [0.5, 0.6) is 0 Å². The highest BCUT2D eigenvalue weighted by molar-refractivity contribution is 5.99. The van der Waals surface area contributed by atoms with Crippen molar-refractivity contribution in [2.75, 3.05) is 0 Å². The van der Waals surface area contributed by atoms with Gasteiger partial charge in [-0.2, -0.15) is 18.4 Å². The van der Waals surface area contributed by atoms with Crippen LogP contribution in [0.25, 0.3) is 11.1 Å². The average Bonchev–Trinajstić information content (AvgIpc) is 2.96. The van der Waals surface area contributed by atoms with Crippen molar-refractivity contribution in [3.05, 3.63) is 64.5 Å². The van der Waals surface area contributed by atoms with E-state index in [1.807, 2.05) is 30.3 Å². The van der Waals surface area contributed by atoms with Crippen molar-refractivity contribution in [1.82, 2.24) is 10.3 Å². The first kappa shape index (κ1) is 27.0. The number of fused-ring (bicyclic) bond motifs is 1. The molecule has 0 bridgehead atoms. The number of benzene rings is 1. The Bertz CT molecular complexity index is 1240. The number of nitrogens with zero attached hydrogens (tertiary/aromatic N) is 2. The zero-order chi connectivity index (χ0) is 26.6. The van der Waals surface area contributed by atoms with E-state index in [-0.39, 0.29) is 12.5 Å². The molecule has 6 heteroatoms. The molecule has 3 nitrogen and oxygen atoms in total. The number of alkyl halides is 3. The van der Waals surface area contributed by atoms with Crippen molar-refractivity contribution in [3.63, 3.8) is 0 Å². The number of aromatic nitrogens is 1. The zero-order valence-electron chi connectivity index (χ0n) is 21.8. The molecule has 37 heavy (non-hydrogen) atoms. The summed E-state index contributed by atoms with van der Waals surface area (Å²) >= 11 is 0. The molecule has 3 unspecified atom stereocenters. The first-order chi connectivity index (χ1) is 17.7. The van der Waals surface area contributed by atoms with Gasteiger partial charge in [0.05, 0.1) is 17.3 Å². The molecule has 1 aromatic heterocycles. The Balaban J connectivity index is 1.77. The average molecular weight is 506 g/mol. The minimum atomic E-state index is -4.28. The normalized spacial score (nSPS) is 20.7. The van der Waals surface area contributed by atoms with Crippen LogP contribution in [0.1, 0.15) is 93.2 Å². The molecule has 2 aliphatic rings. The molecule has 1 saturated carbocycles. The summed E-state index contributed by atoms with van der Waals surface area (Å²) in [5.74, 6) is 8.11. The van der Waals surface area contributed by atoms with Gasteiger partial charge in [0.1, 0.15) is 6.04 Å². The third kappa shape index (κ3) is 6.08. The van der Waals surface area contributed by atoms with Crippen LogP contribution in [0, 0.1) is 35.0 Å². The predicted molar refractivity (Wildman–Crippen MR) is 141 cm³/mol. The van der Waals surface area contributed by atoms with Gasteiger partial charge in [-0.05, 0) is 78.0 Å². The quantitative estimate of drug-likeness (QED) is 0.411. The molecule has 4 rings (SSSR count). The number of halogens is 3. The largest absolute Gasteiger partial charge is 0.403 e. The summed E-state index contributed by atoms with van der Waals surface area (Å²) < 4.78 is 38.7. The number of pyridine rings is 1. The lowest BCUT2D eigenvalue weighted by atomic mass is 9.67. The van der Waals surface area contributed by atoms with E-state index in [1.165, 1.54) is 24.8 Å². The van der Waals surface area contributed by atoms with Gasteiger partial charge in [0.15, 0.2) is 0 Å². The minimum absolute atomic E-state index is 0.0949. The van der Waals surface area contributed by atoms with Crippen LogP contribution in [-0.4, -0.2) is 17.2 Å². The Morgan fingerprint density at radius 1 is 1.19 bits per heavy atom. The second-order valence-corrected chi connectivity index (χ2v) is 10.4. The van der Waals surface area contributed by atoms with E-state index in [2.05, 4.69) is 37.1 Å². The zero-order valence-corrected chi connectivity index (χ0v) is 21.8. The van der Waals surface area contributed by atoms with Crippen LogP contribution in [0.15, 0.2) is 36.5 Å². The van der Waals surface area contributed by atoms with Crippen LogP contribution in [0.3, 0.4) is 0 Å². The Hall–Kier alpha value is -3.09. The van der Waals surface area contributed by atoms with Gasteiger partial charge in [-0.3, -0.25) is 4.98 Å². The Morgan fingerprint density at radius 2 is 1.97 bits per heavy atom. The highest BCUT2D eigenvalue weighted by atomic mass is 19.4. The van der Waals surface area contributed by atoms with Gasteiger partial charge >= 0.3 is 6.18 Å². The molecule has 0 spiro atoms. The molecule has 194 valence electrons. The lowest BCUT2D eigenvalue weighted by Crippen LogP contribution is -2.39. The molecule has 1 heterocycles. The molecule has 3 atom stereocenters. The predicted octanol–water partition coefficient (Wildman–Crippen LogP) is 7.63. The second kappa shape index (κ2) is 11.5. The molecule has 2 aromatic rings. The van der Waals surface area contributed by atoms with Gasteiger partial charge in [0, 0.05) is 24.7 Å². The Labute approximate surface area is 218 Å². The molecule has 0 amide bonds. The van der Waals surface area contributed by atoms with Crippen LogP contribution < -0.4 is 5.32 Å². The molecule has 0 aliphatic heterocycles. The summed E-state index contributed by atoms with van der Waals surface area (Å²) in [5.41, 5.74) is 6.49. The van der Waals surface area contributed by atoms with E-state index < -0.39 is 12.2 Å². The summed E-state index contributed by atoms with van der Waals surface area (Å²) in [7, 11) is 0. The number of unbranched alkanes of at least 4 members (excludes halogenated alkanes) is 1. The molecule has 0 radical (unpaired) electrons. The maximum absolute atomic E-state index is 12.9. The molecule has 1 N–H and O–H groups in total. The third-order valence-corrected chi connectivity index (χ3v) is 7.91. The maximum atomic E-state index is 12.9. The molecule has 1 aromatic carbocycles. The number of rotatable bonds is 6. The van der Waals surface area contributed by atoms with Crippen LogP contribution in [-0.2, 0) is 6.54 Å². The van der Waals surface area contributed by atoms with Gasteiger partial charge in [0.25, 0.3) is 0 Å². The summed E-state index contributed by atoms with van der Waals surface area (Å²) in [6.45, 7) is 5.59. The molecular formula is C31H34F3N3. The van der Waals surface area contributed by atoms with Crippen LogP contribution in [0.2, 0.25) is 0 Å². The van der Waals surface area contributed by atoms with E-state index in [4.69, 9.17) is 4.98 Å². The highest BCUT2D eigenvalue weighted by Gasteiger charge is 2.37. The summed E-state index contributed by atoms with van der Waals surface area (Å²) in [5, 5.41) is 12.1. The van der Waals surface area contributed by atoms with Crippen molar-refractivity contribution in [2.24, 2.45) is 11.8 Å². The maximum Gasteiger partial charge on any atom is 0.403 e. The van der Waals surface area contributed by atoms with Crippen LogP contribution >= 0.6 is 0 Å². The minimum Gasteiger partial charge on any atom is -0.302 e. The summed E-state index contributed by atoms with van der Waals surface area (Å²) in [6.07, 6.45) is 3.65. The lowest BCUT2D eigenvalue weighted by Gasteiger charge is -2.37. The van der Waals surface area contributed by atoms with E-state index in [0.29, 0.717) is 23.0 Å². The monoisotopic (exact) mass is 505 g/mol. The number of allylic oxidation sites excluding steroid dienone is 2. The van der Waals surface area contributed by atoms with Crippen molar-refractivity contribution in [2.45, 2.75) is 84.0 Å².